The number of carbonyl (C=O) groups is 2. The maximum absolute atomic E-state index is 15.7. The lowest BCUT2D eigenvalue weighted by atomic mass is 9.82. The number of carbonyl (C=O) groups excluding carboxylic acids is 2. The highest BCUT2D eigenvalue weighted by Gasteiger charge is 2.32. The minimum Gasteiger partial charge on any atom is -0.444 e. The highest BCUT2D eigenvalue weighted by atomic mass is 19.2. The van der Waals surface area contributed by atoms with Gasteiger partial charge in [-0.15, -0.1) is 0 Å². The van der Waals surface area contributed by atoms with Gasteiger partial charge in [0.05, 0.1) is 24.4 Å². The van der Waals surface area contributed by atoms with Crippen molar-refractivity contribution in [3.63, 3.8) is 0 Å². The van der Waals surface area contributed by atoms with Crippen molar-refractivity contribution in [2.45, 2.75) is 57.7 Å². The van der Waals surface area contributed by atoms with Gasteiger partial charge in [0, 0.05) is 29.9 Å². The number of rotatable bonds is 5. The molecule has 0 bridgehead atoms. The van der Waals surface area contributed by atoms with E-state index < -0.39 is 52.3 Å². The average Bonchev–Trinajstić information content (AvgIpc) is 2.89. The van der Waals surface area contributed by atoms with Crippen LogP contribution in [0.5, 0.6) is 5.75 Å². The van der Waals surface area contributed by atoms with E-state index in [4.69, 9.17) is 14.2 Å². The van der Waals surface area contributed by atoms with Gasteiger partial charge in [-0.3, -0.25) is 9.36 Å². The molecule has 0 N–H and O–H groups in total. The van der Waals surface area contributed by atoms with E-state index in [9.17, 15) is 23.2 Å². The first-order valence-electron chi connectivity index (χ1n) is 13.7. The van der Waals surface area contributed by atoms with Crippen LogP contribution in [0.2, 0.25) is 0 Å². The van der Waals surface area contributed by atoms with Crippen molar-refractivity contribution in [3.8, 4) is 11.4 Å². The van der Waals surface area contributed by atoms with Crippen molar-refractivity contribution in [1.82, 2.24) is 9.47 Å². The summed E-state index contributed by atoms with van der Waals surface area (Å²) in [7, 11) is 0. The van der Waals surface area contributed by atoms with Crippen LogP contribution in [-0.4, -0.2) is 46.8 Å². The number of ether oxygens (including phenoxy) is 3. The molecule has 2 fully saturated rings. The SMILES string of the molecule is CC(C)(C)OC(=O)N1CCOC(c2cccc(C(=O)Oc3cc(C4CCC4)n(-c4cccc(F)c4F)c(=O)c3)c2F)C1. The van der Waals surface area contributed by atoms with E-state index in [1.54, 1.807) is 20.8 Å². The van der Waals surface area contributed by atoms with E-state index in [2.05, 4.69) is 0 Å². The largest absolute Gasteiger partial charge is 0.444 e. The van der Waals surface area contributed by atoms with Crippen LogP contribution in [0.1, 0.15) is 73.7 Å². The fraction of sp³-hybridized carbons (Fsp3) is 0.387. The van der Waals surface area contributed by atoms with Crippen molar-refractivity contribution in [2.24, 2.45) is 0 Å². The summed E-state index contributed by atoms with van der Waals surface area (Å²) >= 11 is 0. The Morgan fingerprint density at radius 1 is 1.00 bits per heavy atom. The maximum Gasteiger partial charge on any atom is 0.410 e. The van der Waals surface area contributed by atoms with E-state index in [0.29, 0.717) is 18.5 Å². The second-order valence-electron chi connectivity index (χ2n) is 11.4. The van der Waals surface area contributed by atoms with Gasteiger partial charge in [-0.1, -0.05) is 24.6 Å². The van der Waals surface area contributed by atoms with Crippen molar-refractivity contribution in [2.75, 3.05) is 19.7 Å². The number of pyridine rings is 1. The van der Waals surface area contributed by atoms with Gasteiger partial charge in [-0.2, -0.15) is 0 Å². The quantitative estimate of drug-likeness (QED) is 0.340. The van der Waals surface area contributed by atoms with Gasteiger partial charge < -0.3 is 19.1 Å². The Balaban J connectivity index is 1.40. The Bertz CT molecular complexity index is 1580. The molecule has 1 saturated carbocycles. The van der Waals surface area contributed by atoms with Gasteiger partial charge in [0.15, 0.2) is 11.6 Å². The zero-order chi connectivity index (χ0) is 30.2. The molecule has 1 atom stereocenters. The molecule has 1 saturated heterocycles. The number of hydrogen-bond donors (Lipinski definition) is 0. The predicted octanol–water partition coefficient (Wildman–Crippen LogP) is 6.05. The first kappa shape index (κ1) is 29.4. The maximum atomic E-state index is 15.7. The van der Waals surface area contributed by atoms with Gasteiger partial charge in [-0.25, -0.2) is 22.8 Å². The first-order chi connectivity index (χ1) is 19.9. The second kappa shape index (κ2) is 11.6. The molecule has 3 aromatic rings. The highest BCUT2D eigenvalue weighted by molar-refractivity contribution is 5.91. The molecule has 11 heteroatoms. The van der Waals surface area contributed by atoms with Crippen molar-refractivity contribution in [1.29, 1.82) is 0 Å². The lowest BCUT2D eigenvalue weighted by molar-refractivity contribution is -0.0444. The first-order valence-corrected chi connectivity index (χ1v) is 13.7. The zero-order valence-corrected chi connectivity index (χ0v) is 23.5. The number of amides is 1. The molecule has 1 amide bonds. The topological polar surface area (TPSA) is 87.1 Å². The van der Waals surface area contributed by atoms with Crippen molar-refractivity contribution in [3.05, 3.63) is 93.2 Å². The molecule has 2 aromatic carbocycles. The average molecular weight is 585 g/mol. The summed E-state index contributed by atoms with van der Waals surface area (Å²) in [6.45, 7) is 5.66. The molecular formula is C31H31F3N2O6. The lowest BCUT2D eigenvalue weighted by Gasteiger charge is -2.34. The van der Waals surface area contributed by atoms with E-state index >= 15 is 4.39 Å². The molecule has 8 nitrogen and oxygen atoms in total. The third-order valence-corrected chi connectivity index (χ3v) is 7.25. The normalized spacial score (nSPS) is 17.5. The Morgan fingerprint density at radius 2 is 1.74 bits per heavy atom. The van der Waals surface area contributed by atoms with Gasteiger partial charge in [0.2, 0.25) is 0 Å². The number of morpholine rings is 1. The van der Waals surface area contributed by atoms with E-state index in [0.717, 1.165) is 23.1 Å². The van der Waals surface area contributed by atoms with Crippen molar-refractivity contribution >= 4 is 12.1 Å². The smallest absolute Gasteiger partial charge is 0.410 e. The molecular weight excluding hydrogens is 553 g/mol. The Kier molecular flexibility index (Phi) is 8.14. The molecule has 2 aliphatic rings. The molecule has 222 valence electrons. The summed E-state index contributed by atoms with van der Waals surface area (Å²) in [6, 6.07) is 10.1. The molecule has 1 unspecified atom stereocenters. The van der Waals surface area contributed by atoms with Crippen LogP contribution in [0.3, 0.4) is 0 Å². The fourth-order valence-corrected chi connectivity index (χ4v) is 5.00. The molecule has 42 heavy (non-hydrogen) atoms. The molecule has 1 aliphatic heterocycles. The van der Waals surface area contributed by atoms with Crippen LogP contribution in [0, 0.1) is 17.5 Å². The molecule has 0 spiro atoms. The minimum atomic E-state index is -1.17. The Morgan fingerprint density at radius 3 is 2.43 bits per heavy atom. The minimum absolute atomic E-state index is 0.0178. The summed E-state index contributed by atoms with van der Waals surface area (Å²) in [5.41, 5.74) is -1.64. The summed E-state index contributed by atoms with van der Waals surface area (Å²) in [5, 5.41) is 0. The monoisotopic (exact) mass is 584 g/mol. The van der Waals surface area contributed by atoms with E-state index in [1.165, 1.54) is 41.3 Å². The third-order valence-electron chi connectivity index (χ3n) is 7.25. The van der Waals surface area contributed by atoms with Crippen molar-refractivity contribution < 1.29 is 37.0 Å². The number of nitrogens with zero attached hydrogens (tertiary/aromatic N) is 2. The van der Waals surface area contributed by atoms with E-state index in [-0.39, 0.29) is 42.6 Å². The summed E-state index contributed by atoms with van der Waals surface area (Å²) in [6.07, 6.45) is 0.913. The van der Waals surface area contributed by atoms with Crippen LogP contribution in [0.4, 0.5) is 18.0 Å². The Labute approximate surface area is 240 Å². The van der Waals surface area contributed by atoms with Gasteiger partial charge in [0.25, 0.3) is 5.56 Å². The molecule has 1 aromatic heterocycles. The van der Waals surface area contributed by atoms with Crippen LogP contribution >= 0.6 is 0 Å². The molecule has 1 aliphatic carbocycles. The predicted molar refractivity (Wildman–Crippen MR) is 146 cm³/mol. The second-order valence-corrected chi connectivity index (χ2v) is 11.4. The molecule has 5 rings (SSSR count). The molecule has 0 radical (unpaired) electrons. The van der Waals surface area contributed by atoms with Crippen LogP contribution in [0.15, 0.2) is 53.3 Å². The Hall–Kier alpha value is -4.12. The summed E-state index contributed by atoms with van der Waals surface area (Å²) in [5.74, 6) is -4.47. The van der Waals surface area contributed by atoms with Gasteiger partial charge in [0.1, 0.15) is 23.3 Å². The summed E-state index contributed by atoms with van der Waals surface area (Å²) in [4.78, 5) is 40.2. The summed E-state index contributed by atoms with van der Waals surface area (Å²) < 4.78 is 61.9. The zero-order valence-electron chi connectivity index (χ0n) is 23.5. The van der Waals surface area contributed by atoms with Gasteiger partial charge >= 0.3 is 12.1 Å². The van der Waals surface area contributed by atoms with E-state index in [1.807, 2.05) is 0 Å². The molecule has 2 heterocycles. The third kappa shape index (κ3) is 6.06. The van der Waals surface area contributed by atoms with Crippen LogP contribution in [-0.2, 0) is 9.47 Å². The van der Waals surface area contributed by atoms with Gasteiger partial charge in [-0.05, 0) is 57.7 Å². The number of benzene rings is 2. The fourth-order valence-electron chi connectivity index (χ4n) is 5.00. The number of aromatic nitrogens is 1. The number of hydrogen-bond acceptors (Lipinski definition) is 6. The lowest BCUT2D eigenvalue weighted by Crippen LogP contribution is -2.44. The van der Waals surface area contributed by atoms with Crippen LogP contribution < -0.4 is 10.3 Å². The highest BCUT2D eigenvalue weighted by Crippen LogP contribution is 2.38. The number of halogens is 3. The number of esters is 1. The standard InChI is InChI=1S/C31H31F3N2O6/c1-31(2,3)42-30(39)35-13-14-40-25(17-35)20-9-5-10-21(27(20)33)29(38)41-19-15-24(18-7-4-8-18)36(26(37)16-19)23-12-6-11-22(32)28(23)34/h5-6,9-12,15-16,18,25H,4,7-8,13-14,17H2,1-3H3. The van der Waals surface area contributed by atoms with Crippen LogP contribution in [0.25, 0.3) is 5.69 Å².